The summed E-state index contributed by atoms with van der Waals surface area (Å²) < 4.78 is 35.5. The van der Waals surface area contributed by atoms with Gasteiger partial charge in [0.1, 0.15) is 23.7 Å². The number of hydrogen-bond acceptors (Lipinski definition) is 9. The quantitative estimate of drug-likeness (QED) is 0.168. The van der Waals surface area contributed by atoms with E-state index >= 15 is 4.79 Å². The van der Waals surface area contributed by atoms with Gasteiger partial charge in [0.25, 0.3) is 5.91 Å². The number of ether oxygens (including phenoxy) is 1. The summed E-state index contributed by atoms with van der Waals surface area (Å²) in [4.78, 5) is 77.3. The summed E-state index contributed by atoms with van der Waals surface area (Å²) >= 11 is 0. The van der Waals surface area contributed by atoms with Crippen LogP contribution in [0.1, 0.15) is 138 Å². The van der Waals surface area contributed by atoms with Gasteiger partial charge in [0, 0.05) is 50.2 Å². The Balaban J connectivity index is 1.18. The Morgan fingerprint density at radius 2 is 1.45 bits per heavy atom. The zero-order chi connectivity index (χ0) is 44.8. The molecule has 0 aromatic carbocycles. The largest absolute Gasteiger partial charge is 0.381 e. The minimum atomic E-state index is -4.18. The average molecular weight is 886 g/mol. The third-order valence-corrected chi connectivity index (χ3v) is 18.9. The summed E-state index contributed by atoms with van der Waals surface area (Å²) in [6.07, 6.45) is 13.6. The Morgan fingerprint density at radius 1 is 0.806 bits per heavy atom. The number of likely N-dealkylation sites (tertiary alicyclic amines) is 2. The van der Waals surface area contributed by atoms with Crippen molar-refractivity contribution >= 4 is 39.7 Å². The topological polar surface area (TPSA) is 187 Å². The van der Waals surface area contributed by atoms with Gasteiger partial charge in [0.05, 0.1) is 6.04 Å². The van der Waals surface area contributed by atoms with Crippen molar-refractivity contribution in [1.82, 2.24) is 34.8 Å². The Bertz CT molecular complexity index is 1840. The second-order valence-corrected chi connectivity index (χ2v) is 22.2. The first-order valence-corrected chi connectivity index (χ1v) is 25.4. The van der Waals surface area contributed by atoms with E-state index < -0.39 is 51.6 Å². The highest BCUT2D eigenvalue weighted by molar-refractivity contribution is 7.87. The van der Waals surface area contributed by atoms with Crippen molar-refractivity contribution < 1.29 is 37.1 Å². The van der Waals surface area contributed by atoms with Gasteiger partial charge in [0.2, 0.25) is 23.6 Å². The van der Waals surface area contributed by atoms with E-state index in [0.717, 1.165) is 81.5 Å². The van der Waals surface area contributed by atoms with Crippen LogP contribution in [-0.2, 0) is 38.9 Å². The van der Waals surface area contributed by atoms with Crippen molar-refractivity contribution in [2.45, 2.75) is 174 Å². The zero-order valence-electron chi connectivity index (χ0n) is 38.3. The van der Waals surface area contributed by atoms with Gasteiger partial charge in [-0.05, 0) is 107 Å². The summed E-state index contributed by atoms with van der Waals surface area (Å²) in [5.74, 6) is -3.03. The molecule has 0 aromatic heterocycles. The molecule has 3 aliphatic heterocycles. The van der Waals surface area contributed by atoms with Crippen LogP contribution in [-0.4, -0.2) is 127 Å². The fourth-order valence-corrected chi connectivity index (χ4v) is 14.3. The second-order valence-electron chi connectivity index (χ2n) is 20.5. The van der Waals surface area contributed by atoms with E-state index in [2.05, 4.69) is 59.8 Å². The molecule has 348 valence electrons. The molecule has 62 heavy (non-hydrogen) atoms. The van der Waals surface area contributed by atoms with Crippen molar-refractivity contribution in [2.24, 2.45) is 34.0 Å². The van der Waals surface area contributed by atoms with Gasteiger partial charge >= 0.3 is 10.2 Å². The highest BCUT2D eigenvalue weighted by Crippen LogP contribution is 2.88. The van der Waals surface area contributed by atoms with Crippen molar-refractivity contribution in [3.63, 3.8) is 0 Å². The van der Waals surface area contributed by atoms with E-state index in [1.54, 1.807) is 24.8 Å². The maximum atomic E-state index is 15.5. The second kappa shape index (κ2) is 18.1. The molecular formula is C46H75N7O8S. The first kappa shape index (κ1) is 46.9. The van der Waals surface area contributed by atoms with Crippen LogP contribution in [0.4, 0.5) is 0 Å². The van der Waals surface area contributed by atoms with Gasteiger partial charge in [-0.1, -0.05) is 65.9 Å². The number of carbonyl (C=O) groups excluding carboxylic acids is 5. The summed E-state index contributed by atoms with van der Waals surface area (Å²) in [7, 11) is -4.18. The van der Waals surface area contributed by atoms with E-state index in [-0.39, 0.29) is 77.4 Å². The molecule has 4 saturated carbocycles. The Kier molecular flexibility index (Phi) is 13.7. The maximum absolute atomic E-state index is 15.5. The lowest BCUT2D eigenvalue weighted by atomic mass is 9.73. The number of rotatable bonds is 16. The molecule has 2 spiro atoms. The molecule has 3 heterocycles. The van der Waals surface area contributed by atoms with Crippen LogP contribution in [0.5, 0.6) is 0 Å². The van der Waals surface area contributed by atoms with E-state index in [1.807, 2.05) is 0 Å². The Morgan fingerprint density at radius 3 is 2.02 bits per heavy atom. The molecule has 0 aromatic rings. The van der Waals surface area contributed by atoms with Crippen LogP contribution < -0.4 is 20.7 Å². The lowest BCUT2D eigenvalue weighted by Gasteiger charge is -2.40. The smallest absolute Gasteiger partial charge is 0.303 e. The van der Waals surface area contributed by atoms with Crippen molar-refractivity contribution in [1.29, 1.82) is 0 Å². The first-order valence-electron chi connectivity index (χ1n) is 24.0. The summed E-state index contributed by atoms with van der Waals surface area (Å²) in [6.45, 7) is 18.3. The predicted molar refractivity (Wildman–Crippen MR) is 235 cm³/mol. The van der Waals surface area contributed by atoms with Gasteiger partial charge in [-0.2, -0.15) is 12.7 Å². The molecule has 16 heteroatoms. The number of hydrogen-bond donors (Lipinski definition) is 4. The number of nitrogens with zero attached hydrogens (tertiary/aromatic N) is 3. The van der Waals surface area contributed by atoms with Crippen LogP contribution in [0.2, 0.25) is 0 Å². The minimum absolute atomic E-state index is 0.0273. The van der Waals surface area contributed by atoms with Gasteiger partial charge < -0.3 is 25.6 Å². The fraction of sp³-hybridized carbons (Fsp3) is 0.848. The molecule has 4 aliphatic carbocycles. The number of fused-ring (bicyclic) bond motifs is 1. The molecule has 4 N–H and O–H groups in total. The van der Waals surface area contributed by atoms with Crippen LogP contribution >= 0.6 is 0 Å². The first-order chi connectivity index (χ1) is 29.4. The van der Waals surface area contributed by atoms with Gasteiger partial charge in [0.15, 0.2) is 0 Å². The molecule has 7 rings (SSSR count). The lowest BCUT2D eigenvalue weighted by Crippen LogP contribution is -2.63. The Labute approximate surface area is 370 Å². The van der Waals surface area contributed by atoms with Crippen molar-refractivity contribution in [3.8, 4) is 0 Å². The van der Waals surface area contributed by atoms with Crippen molar-refractivity contribution in [2.75, 3.05) is 39.4 Å². The number of piperidine rings is 1. The van der Waals surface area contributed by atoms with Crippen LogP contribution in [0.25, 0.3) is 0 Å². The third-order valence-electron chi connectivity index (χ3n) is 17.2. The van der Waals surface area contributed by atoms with Gasteiger partial charge in [-0.25, -0.2) is 4.72 Å². The van der Waals surface area contributed by atoms with E-state index in [0.29, 0.717) is 39.0 Å². The van der Waals surface area contributed by atoms with Gasteiger partial charge in [-0.3, -0.25) is 28.9 Å². The minimum Gasteiger partial charge on any atom is -0.381 e. The summed E-state index contributed by atoms with van der Waals surface area (Å²) in [5, 5.41) is 9.43. The lowest BCUT2D eigenvalue weighted by molar-refractivity contribution is -0.145. The van der Waals surface area contributed by atoms with Crippen LogP contribution in [0.15, 0.2) is 12.7 Å². The van der Waals surface area contributed by atoms with Crippen LogP contribution in [0.3, 0.4) is 0 Å². The molecule has 5 amide bonds. The molecule has 15 nitrogen and oxygen atoms in total. The molecular weight excluding hydrogens is 811 g/mol. The highest BCUT2D eigenvalue weighted by Gasteiger charge is 2.85. The monoisotopic (exact) mass is 886 g/mol. The molecule has 0 bridgehead atoms. The highest BCUT2D eigenvalue weighted by atomic mass is 32.2. The molecule has 3 saturated heterocycles. The predicted octanol–water partition coefficient (Wildman–Crippen LogP) is 3.79. The maximum Gasteiger partial charge on any atom is 0.303 e. The van der Waals surface area contributed by atoms with Crippen molar-refractivity contribution in [3.05, 3.63) is 12.7 Å². The van der Waals surface area contributed by atoms with Gasteiger partial charge in [-0.15, -0.1) is 6.58 Å². The fourth-order valence-electron chi connectivity index (χ4n) is 13.1. The summed E-state index contributed by atoms with van der Waals surface area (Å²) in [6, 6.07) is -2.89. The average Bonchev–Trinajstić information content (AvgIpc) is 3.97. The number of nitrogens with one attached hydrogen (secondary N) is 4. The zero-order valence-corrected chi connectivity index (χ0v) is 39.1. The SMILES string of the molecule is C=C[C@@H]1C[C@]1(NC(=O)[C@@H]1C[C@@]2(CN1C(=O)[C@@H](NC(=O)[C@@H](NC(=O)[C@@H]1CCCCN1C(C)C)C1CCCCC1)C1CCOCC1)C(C)(C)C21CCC1)C(=O)NS(=O)(=O)N(CC)CC. The number of amides is 5. The Hall–Kier alpha value is -3.08. The normalized spacial score (nSPS) is 31.9. The molecule has 7 aliphatic rings. The van der Waals surface area contributed by atoms with E-state index in [9.17, 15) is 27.6 Å². The standard InChI is InChI=1S/C46H75N7O8S/c1-8-33-27-46(33,42(58)50-62(59,60)51(9-2)10-3)49-39(55)35-28-45(43(6,7)44(45)22-16-23-44)29-53(35)41(57)37(32-20-25-61-26-21-32)48-40(56)36(31-17-12-11-13-18-31)47-38(54)34-19-14-15-24-52(34)30(4)5/h8,30-37H,1,9-29H2,2-7H3,(H,47,54)(H,48,56)(H,49,55)(H,50,58)/t33-,34+,35+,36+,37+,45-,46-/m1/s1. The van der Waals surface area contributed by atoms with E-state index in [4.69, 9.17) is 4.74 Å². The molecule has 0 radical (unpaired) electrons. The summed E-state index contributed by atoms with van der Waals surface area (Å²) in [5.41, 5.74) is -2.07. The molecule has 7 fully saturated rings. The molecule has 7 atom stereocenters. The van der Waals surface area contributed by atoms with Crippen LogP contribution in [0, 0.1) is 34.0 Å². The number of carbonyl (C=O) groups is 5. The third kappa shape index (κ3) is 8.13. The van der Waals surface area contributed by atoms with E-state index in [1.165, 1.54) is 0 Å². The molecule has 0 unspecified atom stereocenters.